The summed E-state index contributed by atoms with van der Waals surface area (Å²) in [5.41, 5.74) is -0.201. The van der Waals surface area contributed by atoms with Crippen molar-refractivity contribution in [3.05, 3.63) is 34.1 Å². The van der Waals surface area contributed by atoms with Gasteiger partial charge in [0.15, 0.2) is 5.11 Å². The maximum atomic E-state index is 13.0. The number of rotatable bonds is 4. The fourth-order valence-corrected chi connectivity index (χ4v) is 2.13. The first-order valence-corrected chi connectivity index (χ1v) is 6.57. The van der Waals surface area contributed by atoms with Crippen LogP contribution in [0, 0.1) is 15.9 Å². The quantitative estimate of drug-likeness (QED) is 0.504. The molecule has 2 rings (SSSR count). The lowest BCUT2D eigenvalue weighted by Crippen LogP contribution is -2.34. The highest BCUT2D eigenvalue weighted by atomic mass is 32.1. The van der Waals surface area contributed by atoms with Gasteiger partial charge in [-0.15, -0.1) is 0 Å². The fourth-order valence-electron chi connectivity index (χ4n) is 1.94. The molecular weight excluding hydrogens is 285 g/mol. The first kappa shape index (κ1) is 14.6. The molecule has 20 heavy (non-hydrogen) atoms. The molecule has 0 aromatic heterocycles. The zero-order valence-electron chi connectivity index (χ0n) is 10.6. The second-order valence-electron chi connectivity index (χ2n) is 4.39. The van der Waals surface area contributed by atoms with Crippen LogP contribution in [0.25, 0.3) is 0 Å². The number of nitro benzene ring substituents is 1. The van der Waals surface area contributed by atoms with Crippen LogP contribution in [0.15, 0.2) is 18.2 Å². The summed E-state index contributed by atoms with van der Waals surface area (Å²) in [6.07, 6.45) is 2.10. The summed E-state index contributed by atoms with van der Waals surface area (Å²) < 4.78 is 18.4. The molecule has 1 fully saturated rings. The SMILES string of the molecule is O=[N+]([O-])c1cc(F)ccc1NC(=S)NCC1CCCO1. The summed E-state index contributed by atoms with van der Waals surface area (Å²) in [4.78, 5) is 10.2. The number of halogens is 1. The van der Waals surface area contributed by atoms with Gasteiger partial charge in [-0.3, -0.25) is 10.1 Å². The minimum Gasteiger partial charge on any atom is -0.376 e. The standard InChI is InChI=1S/C12H14FN3O3S/c13-8-3-4-10(11(6-8)16(17)18)15-12(20)14-7-9-2-1-5-19-9/h3-4,6,9H,1-2,5,7H2,(H2,14,15,20). The van der Waals surface area contributed by atoms with Crippen LogP contribution < -0.4 is 10.6 Å². The van der Waals surface area contributed by atoms with Crippen molar-refractivity contribution in [2.45, 2.75) is 18.9 Å². The number of nitro groups is 1. The summed E-state index contributed by atoms with van der Waals surface area (Å²) in [5, 5.41) is 16.7. The number of nitrogens with zero attached hydrogens (tertiary/aromatic N) is 1. The van der Waals surface area contributed by atoms with E-state index < -0.39 is 10.7 Å². The van der Waals surface area contributed by atoms with Crippen molar-refractivity contribution < 1.29 is 14.1 Å². The summed E-state index contributed by atoms with van der Waals surface area (Å²) >= 11 is 5.06. The fraction of sp³-hybridized carbons (Fsp3) is 0.417. The van der Waals surface area contributed by atoms with E-state index in [1.807, 2.05) is 0 Å². The Morgan fingerprint density at radius 2 is 2.40 bits per heavy atom. The summed E-state index contributed by atoms with van der Waals surface area (Å²) in [6.45, 7) is 1.29. The summed E-state index contributed by atoms with van der Waals surface area (Å²) in [7, 11) is 0. The first-order chi connectivity index (χ1) is 9.56. The lowest BCUT2D eigenvalue weighted by atomic mass is 10.2. The van der Waals surface area contributed by atoms with E-state index in [1.165, 1.54) is 6.07 Å². The Balaban J connectivity index is 1.94. The summed E-state index contributed by atoms with van der Waals surface area (Å²) in [6, 6.07) is 3.27. The molecule has 108 valence electrons. The Labute approximate surface area is 120 Å². The van der Waals surface area contributed by atoms with Crippen molar-refractivity contribution in [3.8, 4) is 0 Å². The van der Waals surface area contributed by atoms with E-state index in [2.05, 4.69) is 10.6 Å². The summed E-state index contributed by atoms with van der Waals surface area (Å²) in [5.74, 6) is -0.666. The third-order valence-electron chi connectivity index (χ3n) is 2.92. The van der Waals surface area contributed by atoms with E-state index in [9.17, 15) is 14.5 Å². The lowest BCUT2D eigenvalue weighted by Gasteiger charge is -2.14. The van der Waals surface area contributed by atoms with Crippen LogP contribution in [0.2, 0.25) is 0 Å². The Hall–Kier alpha value is -1.80. The molecule has 8 heteroatoms. The minimum absolute atomic E-state index is 0.109. The van der Waals surface area contributed by atoms with Crippen LogP contribution in [0.5, 0.6) is 0 Å². The van der Waals surface area contributed by atoms with Crippen molar-refractivity contribution in [1.82, 2.24) is 5.32 Å². The molecule has 2 N–H and O–H groups in total. The second kappa shape index (κ2) is 6.58. The Morgan fingerprint density at radius 3 is 3.05 bits per heavy atom. The van der Waals surface area contributed by atoms with Gasteiger partial charge in [-0.2, -0.15) is 0 Å². The lowest BCUT2D eigenvalue weighted by molar-refractivity contribution is -0.384. The van der Waals surface area contributed by atoms with Gasteiger partial charge in [-0.1, -0.05) is 0 Å². The van der Waals surface area contributed by atoms with Gasteiger partial charge in [0.05, 0.1) is 17.1 Å². The predicted octanol–water partition coefficient (Wildman–Crippen LogP) is 2.20. The molecule has 6 nitrogen and oxygen atoms in total. The van der Waals surface area contributed by atoms with E-state index >= 15 is 0 Å². The van der Waals surface area contributed by atoms with Gasteiger partial charge < -0.3 is 15.4 Å². The largest absolute Gasteiger partial charge is 0.376 e. The van der Waals surface area contributed by atoms with Crippen LogP contribution in [0.4, 0.5) is 15.8 Å². The molecule has 0 aliphatic carbocycles. The van der Waals surface area contributed by atoms with E-state index in [4.69, 9.17) is 17.0 Å². The topological polar surface area (TPSA) is 76.4 Å². The van der Waals surface area contributed by atoms with Gasteiger partial charge in [0.1, 0.15) is 11.5 Å². The Kier molecular flexibility index (Phi) is 4.80. The van der Waals surface area contributed by atoms with Gasteiger partial charge in [0, 0.05) is 13.2 Å². The average molecular weight is 299 g/mol. The molecule has 0 radical (unpaired) electrons. The molecule has 0 amide bonds. The van der Waals surface area contributed by atoms with Gasteiger partial charge in [-0.25, -0.2) is 4.39 Å². The molecule has 1 aliphatic heterocycles. The molecule has 0 spiro atoms. The number of anilines is 1. The molecule has 1 aliphatic rings. The highest BCUT2D eigenvalue weighted by molar-refractivity contribution is 7.80. The van der Waals surface area contributed by atoms with Crippen LogP contribution in [0.3, 0.4) is 0 Å². The van der Waals surface area contributed by atoms with Crippen molar-refractivity contribution in [1.29, 1.82) is 0 Å². The van der Waals surface area contributed by atoms with E-state index in [1.54, 1.807) is 0 Å². The van der Waals surface area contributed by atoms with Crippen molar-refractivity contribution >= 4 is 28.7 Å². The second-order valence-corrected chi connectivity index (χ2v) is 4.80. The smallest absolute Gasteiger partial charge is 0.295 e. The molecule has 1 aromatic rings. The van der Waals surface area contributed by atoms with E-state index in [0.717, 1.165) is 31.6 Å². The van der Waals surface area contributed by atoms with Gasteiger partial charge in [0.2, 0.25) is 0 Å². The van der Waals surface area contributed by atoms with Crippen LogP contribution in [-0.4, -0.2) is 29.3 Å². The average Bonchev–Trinajstić information content (AvgIpc) is 2.91. The highest BCUT2D eigenvalue weighted by Gasteiger charge is 2.18. The number of ether oxygens (including phenoxy) is 1. The van der Waals surface area contributed by atoms with Crippen LogP contribution in [-0.2, 0) is 4.74 Å². The predicted molar refractivity (Wildman–Crippen MR) is 76.3 cm³/mol. The number of benzene rings is 1. The molecule has 1 unspecified atom stereocenters. The first-order valence-electron chi connectivity index (χ1n) is 6.16. The van der Waals surface area contributed by atoms with Gasteiger partial charge in [0.25, 0.3) is 5.69 Å². The van der Waals surface area contributed by atoms with E-state index in [-0.39, 0.29) is 22.6 Å². The van der Waals surface area contributed by atoms with Crippen molar-refractivity contribution in [2.75, 3.05) is 18.5 Å². The van der Waals surface area contributed by atoms with Crippen molar-refractivity contribution in [2.24, 2.45) is 0 Å². The van der Waals surface area contributed by atoms with E-state index in [0.29, 0.717) is 6.54 Å². The minimum atomic E-state index is -0.666. The molecule has 0 bridgehead atoms. The number of hydrogen-bond acceptors (Lipinski definition) is 4. The van der Waals surface area contributed by atoms with Crippen molar-refractivity contribution in [3.63, 3.8) is 0 Å². The molecule has 1 aromatic carbocycles. The Bertz CT molecular complexity index is 521. The highest BCUT2D eigenvalue weighted by Crippen LogP contribution is 2.24. The third-order valence-corrected chi connectivity index (χ3v) is 3.17. The molecule has 1 atom stereocenters. The van der Waals surface area contributed by atoms with Crippen LogP contribution >= 0.6 is 12.2 Å². The number of hydrogen-bond donors (Lipinski definition) is 2. The Morgan fingerprint density at radius 1 is 1.60 bits per heavy atom. The van der Waals surface area contributed by atoms with Gasteiger partial charge >= 0.3 is 0 Å². The normalized spacial score (nSPS) is 17.8. The molecule has 1 saturated heterocycles. The maximum absolute atomic E-state index is 13.0. The molecule has 1 heterocycles. The zero-order valence-corrected chi connectivity index (χ0v) is 11.4. The molecule has 0 saturated carbocycles. The number of thiocarbonyl (C=S) groups is 1. The maximum Gasteiger partial charge on any atom is 0.295 e. The number of nitrogens with one attached hydrogen (secondary N) is 2. The zero-order chi connectivity index (χ0) is 14.5. The van der Waals surface area contributed by atoms with Gasteiger partial charge in [-0.05, 0) is 37.2 Å². The van der Waals surface area contributed by atoms with Crippen LogP contribution in [0.1, 0.15) is 12.8 Å². The molecular formula is C12H14FN3O3S. The monoisotopic (exact) mass is 299 g/mol. The third kappa shape index (κ3) is 3.84.